The summed E-state index contributed by atoms with van der Waals surface area (Å²) in [5.74, 6) is 0.987. The predicted molar refractivity (Wildman–Crippen MR) is 132 cm³/mol. The fourth-order valence-corrected chi connectivity index (χ4v) is 5.10. The van der Waals surface area contributed by atoms with Crippen LogP contribution in [0.25, 0.3) is 0 Å². The first kappa shape index (κ1) is 25.0. The van der Waals surface area contributed by atoms with Crippen LogP contribution >= 0.6 is 0 Å². The van der Waals surface area contributed by atoms with Crippen molar-refractivity contribution >= 4 is 11.8 Å². The van der Waals surface area contributed by atoms with E-state index in [2.05, 4.69) is 4.98 Å². The van der Waals surface area contributed by atoms with Crippen LogP contribution in [0.5, 0.6) is 11.5 Å². The molecule has 0 radical (unpaired) electrons. The van der Waals surface area contributed by atoms with Crippen molar-refractivity contribution in [2.24, 2.45) is 5.41 Å². The predicted octanol–water partition coefficient (Wildman–Crippen LogP) is 3.66. The number of piperidine rings is 1. The van der Waals surface area contributed by atoms with Crippen LogP contribution in [0.15, 0.2) is 42.6 Å². The van der Waals surface area contributed by atoms with Gasteiger partial charge in [-0.25, -0.2) is 0 Å². The Labute approximate surface area is 207 Å². The van der Waals surface area contributed by atoms with E-state index in [0.29, 0.717) is 55.5 Å². The zero-order valence-electron chi connectivity index (χ0n) is 20.7. The molecule has 35 heavy (non-hydrogen) atoms. The van der Waals surface area contributed by atoms with E-state index in [0.717, 1.165) is 32.1 Å². The largest absolute Gasteiger partial charge is 0.497 e. The Morgan fingerprint density at radius 2 is 1.86 bits per heavy atom. The minimum atomic E-state index is -0.153. The number of fused-ring (bicyclic) bond motifs is 9. The van der Waals surface area contributed by atoms with Gasteiger partial charge in [0.25, 0.3) is 11.8 Å². The summed E-state index contributed by atoms with van der Waals surface area (Å²) in [5.41, 5.74) is 0.972. The number of nitrogens with zero attached hydrogens (tertiary/aromatic N) is 3. The van der Waals surface area contributed by atoms with E-state index in [1.807, 2.05) is 29.2 Å². The van der Waals surface area contributed by atoms with Gasteiger partial charge in [-0.15, -0.1) is 0 Å². The molecule has 2 bridgehead atoms. The van der Waals surface area contributed by atoms with Crippen LogP contribution in [0.2, 0.25) is 0 Å². The maximum atomic E-state index is 13.3. The van der Waals surface area contributed by atoms with Crippen molar-refractivity contribution in [3.63, 3.8) is 0 Å². The van der Waals surface area contributed by atoms with Crippen LogP contribution in [-0.2, 0) is 4.74 Å². The van der Waals surface area contributed by atoms with Crippen molar-refractivity contribution in [2.45, 2.75) is 32.1 Å². The number of ether oxygens (including phenoxy) is 3. The molecule has 2 amide bonds. The van der Waals surface area contributed by atoms with Gasteiger partial charge in [-0.05, 0) is 49.3 Å². The zero-order chi connectivity index (χ0) is 24.7. The van der Waals surface area contributed by atoms with Gasteiger partial charge in [0, 0.05) is 39.0 Å². The molecule has 1 saturated heterocycles. The first-order valence-corrected chi connectivity index (χ1v) is 12.3. The summed E-state index contributed by atoms with van der Waals surface area (Å²) >= 11 is 0. The average Bonchev–Trinajstić information content (AvgIpc) is 2.90. The van der Waals surface area contributed by atoms with Crippen molar-refractivity contribution in [3.8, 4) is 11.5 Å². The molecule has 4 heterocycles. The number of benzene rings is 1. The molecule has 8 nitrogen and oxygen atoms in total. The SMILES string of the molecule is COCC12CCCCN(C(=O)c3cc(OC)ccn3)CCOc3ccccc3C(=O)N(CC1)CC2. The molecule has 0 unspecified atom stereocenters. The summed E-state index contributed by atoms with van der Waals surface area (Å²) in [6.45, 7) is 3.40. The van der Waals surface area contributed by atoms with E-state index in [1.165, 1.54) is 0 Å². The Morgan fingerprint density at radius 1 is 1.06 bits per heavy atom. The number of hydrogen-bond donors (Lipinski definition) is 0. The molecule has 3 aliphatic rings. The summed E-state index contributed by atoms with van der Waals surface area (Å²) < 4.78 is 16.9. The smallest absolute Gasteiger partial charge is 0.272 e. The Morgan fingerprint density at radius 3 is 2.63 bits per heavy atom. The zero-order valence-corrected chi connectivity index (χ0v) is 20.7. The number of carbonyl (C=O) groups excluding carboxylic acids is 2. The maximum absolute atomic E-state index is 13.3. The van der Waals surface area contributed by atoms with E-state index in [4.69, 9.17) is 14.2 Å². The monoisotopic (exact) mass is 481 g/mol. The minimum absolute atomic E-state index is 0.00463. The quantitative estimate of drug-likeness (QED) is 0.663. The van der Waals surface area contributed by atoms with Crippen molar-refractivity contribution in [3.05, 3.63) is 53.9 Å². The van der Waals surface area contributed by atoms with E-state index < -0.39 is 0 Å². The second-order valence-electron chi connectivity index (χ2n) is 9.40. The van der Waals surface area contributed by atoms with Crippen LogP contribution in [0.1, 0.15) is 53.0 Å². The summed E-state index contributed by atoms with van der Waals surface area (Å²) in [6, 6.07) is 10.7. The lowest BCUT2D eigenvalue weighted by Crippen LogP contribution is -2.45. The second-order valence-corrected chi connectivity index (χ2v) is 9.40. The fraction of sp³-hybridized carbons (Fsp3) is 0.519. The van der Waals surface area contributed by atoms with Gasteiger partial charge >= 0.3 is 0 Å². The number of rotatable bonds is 4. The average molecular weight is 482 g/mol. The van der Waals surface area contributed by atoms with Crippen LogP contribution in [-0.4, -0.2) is 80.2 Å². The van der Waals surface area contributed by atoms with Crippen LogP contribution < -0.4 is 9.47 Å². The van der Waals surface area contributed by atoms with Crippen LogP contribution in [0, 0.1) is 5.41 Å². The van der Waals surface area contributed by atoms with Crippen molar-refractivity contribution < 1.29 is 23.8 Å². The van der Waals surface area contributed by atoms with Crippen LogP contribution in [0.3, 0.4) is 0 Å². The first-order valence-electron chi connectivity index (χ1n) is 12.3. The molecule has 3 aliphatic heterocycles. The molecule has 188 valence electrons. The second kappa shape index (κ2) is 11.5. The highest BCUT2D eigenvalue weighted by Crippen LogP contribution is 2.38. The van der Waals surface area contributed by atoms with Gasteiger partial charge in [0.1, 0.15) is 23.8 Å². The Balaban J connectivity index is 1.58. The summed E-state index contributed by atoms with van der Waals surface area (Å²) in [7, 11) is 3.32. The van der Waals surface area contributed by atoms with Crippen LogP contribution in [0.4, 0.5) is 0 Å². The lowest BCUT2D eigenvalue weighted by Gasteiger charge is -2.41. The molecule has 5 rings (SSSR count). The summed E-state index contributed by atoms with van der Waals surface area (Å²) in [4.78, 5) is 34.6. The highest BCUT2D eigenvalue weighted by Gasteiger charge is 2.36. The summed E-state index contributed by atoms with van der Waals surface area (Å²) in [5, 5.41) is 0. The van der Waals surface area contributed by atoms with Gasteiger partial charge in [0.05, 0.1) is 25.8 Å². The third kappa shape index (κ3) is 5.93. The molecular formula is C27H35N3O5. The molecule has 2 aromatic rings. The fourth-order valence-electron chi connectivity index (χ4n) is 5.10. The molecule has 0 saturated carbocycles. The summed E-state index contributed by atoms with van der Waals surface area (Å²) in [6.07, 6.45) is 6.26. The molecule has 0 aliphatic carbocycles. The lowest BCUT2D eigenvalue weighted by molar-refractivity contribution is 0.0136. The number of pyridine rings is 1. The van der Waals surface area contributed by atoms with Gasteiger partial charge in [0.15, 0.2) is 0 Å². The van der Waals surface area contributed by atoms with Gasteiger partial charge in [-0.2, -0.15) is 0 Å². The highest BCUT2D eigenvalue weighted by atomic mass is 16.5. The standard InChI is InChI=1S/C27H35N3O5/c1-33-20-27-10-5-6-14-29(26(32)23-19-21(34-2)9-13-28-23)17-18-35-24-8-4-3-7-22(24)25(31)30(15-11-27)16-12-27/h3-4,7-9,13,19H,5-6,10-12,14-18,20H2,1-2H3. The van der Waals surface area contributed by atoms with Crippen molar-refractivity contribution in [2.75, 3.05) is 53.6 Å². The van der Waals surface area contributed by atoms with E-state index >= 15 is 0 Å². The topological polar surface area (TPSA) is 81.2 Å². The molecular weight excluding hydrogens is 446 g/mol. The van der Waals surface area contributed by atoms with Gasteiger partial charge < -0.3 is 24.0 Å². The number of aromatic nitrogens is 1. The molecule has 8 heteroatoms. The van der Waals surface area contributed by atoms with E-state index in [1.54, 1.807) is 37.4 Å². The van der Waals surface area contributed by atoms with E-state index in [9.17, 15) is 9.59 Å². The third-order valence-corrected chi connectivity index (χ3v) is 7.16. The number of amides is 2. The number of carbonyl (C=O) groups is 2. The Hall–Kier alpha value is -3.13. The molecule has 1 aromatic heterocycles. The first-order chi connectivity index (χ1) is 17.0. The minimum Gasteiger partial charge on any atom is -0.497 e. The number of methoxy groups -OCH3 is 2. The van der Waals surface area contributed by atoms with Crippen molar-refractivity contribution in [1.82, 2.24) is 14.8 Å². The van der Waals surface area contributed by atoms with E-state index in [-0.39, 0.29) is 23.8 Å². The Kier molecular flexibility index (Phi) is 8.23. The highest BCUT2D eigenvalue weighted by molar-refractivity contribution is 5.97. The number of para-hydroxylation sites is 1. The molecule has 0 N–H and O–H groups in total. The van der Waals surface area contributed by atoms with Gasteiger partial charge in [-0.3, -0.25) is 14.6 Å². The molecule has 0 atom stereocenters. The maximum Gasteiger partial charge on any atom is 0.272 e. The molecule has 0 spiro atoms. The van der Waals surface area contributed by atoms with Gasteiger partial charge in [0.2, 0.25) is 0 Å². The molecule has 1 aromatic carbocycles. The van der Waals surface area contributed by atoms with Crippen molar-refractivity contribution in [1.29, 1.82) is 0 Å². The lowest BCUT2D eigenvalue weighted by atomic mass is 9.75. The van der Waals surface area contributed by atoms with Gasteiger partial charge in [-0.1, -0.05) is 18.6 Å². The normalized spacial score (nSPS) is 18.7. The third-order valence-electron chi connectivity index (χ3n) is 7.16. The molecule has 1 fully saturated rings. The number of hydrogen-bond acceptors (Lipinski definition) is 6. The Bertz CT molecular complexity index is 1020.